The number of ether oxygens (including phenoxy) is 1. The predicted molar refractivity (Wildman–Crippen MR) is 116 cm³/mol. The first-order chi connectivity index (χ1) is 14.9. The number of rotatable bonds is 9. The lowest BCUT2D eigenvalue weighted by Crippen LogP contribution is -2.39. The van der Waals surface area contributed by atoms with Gasteiger partial charge in [-0.1, -0.05) is 65.3 Å². The molecule has 7 heteroatoms. The molecule has 0 fully saturated rings. The number of amides is 1. The maximum Gasteiger partial charge on any atom is 0.306 e. The quantitative estimate of drug-likeness (QED) is 0.486. The first-order valence-corrected chi connectivity index (χ1v) is 10.3. The van der Waals surface area contributed by atoms with E-state index in [9.17, 15) is 9.59 Å². The molecule has 0 saturated heterocycles. The molecule has 0 saturated carbocycles. The molecule has 1 amide bonds. The fraction of sp³-hybridized carbons (Fsp3) is 0.333. The molecule has 3 rings (SSSR count). The summed E-state index contributed by atoms with van der Waals surface area (Å²) in [6, 6.07) is 17.5. The molecule has 0 aliphatic heterocycles. The first-order valence-electron chi connectivity index (χ1n) is 10.3. The van der Waals surface area contributed by atoms with Crippen molar-refractivity contribution in [3.63, 3.8) is 0 Å². The highest BCUT2D eigenvalue weighted by Gasteiger charge is 2.19. The van der Waals surface area contributed by atoms with Gasteiger partial charge in [0.1, 0.15) is 0 Å². The van der Waals surface area contributed by atoms with E-state index in [2.05, 4.69) is 10.1 Å². The van der Waals surface area contributed by atoms with Crippen LogP contribution in [0.3, 0.4) is 0 Å². The van der Waals surface area contributed by atoms with Crippen LogP contribution in [0.5, 0.6) is 0 Å². The van der Waals surface area contributed by atoms with Gasteiger partial charge in [0.05, 0.1) is 6.42 Å². The van der Waals surface area contributed by atoms with E-state index in [0.717, 1.165) is 16.7 Å². The monoisotopic (exact) mass is 421 g/mol. The Hall–Kier alpha value is -3.48. The smallest absolute Gasteiger partial charge is 0.306 e. The Morgan fingerprint density at radius 2 is 1.77 bits per heavy atom. The van der Waals surface area contributed by atoms with E-state index >= 15 is 0 Å². The Labute approximate surface area is 182 Å². The Morgan fingerprint density at radius 1 is 1.06 bits per heavy atom. The Kier molecular flexibility index (Phi) is 7.54. The number of benzene rings is 2. The third-order valence-electron chi connectivity index (χ3n) is 4.82. The van der Waals surface area contributed by atoms with Gasteiger partial charge in [-0.05, 0) is 26.3 Å². The number of nitrogens with zero attached hydrogens (tertiary/aromatic N) is 3. The summed E-state index contributed by atoms with van der Waals surface area (Å²) < 4.78 is 10.4. The van der Waals surface area contributed by atoms with Crippen LogP contribution >= 0.6 is 0 Å². The molecule has 7 nitrogen and oxygen atoms in total. The van der Waals surface area contributed by atoms with Gasteiger partial charge in [0, 0.05) is 24.6 Å². The minimum atomic E-state index is -0.480. The van der Waals surface area contributed by atoms with E-state index in [1.54, 1.807) is 4.90 Å². The van der Waals surface area contributed by atoms with E-state index in [1.165, 1.54) is 0 Å². The van der Waals surface area contributed by atoms with Crippen molar-refractivity contribution in [3.8, 4) is 11.4 Å². The van der Waals surface area contributed by atoms with Crippen LogP contribution in [-0.2, 0) is 27.3 Å². The molecule has 0 spiro atoms. The van der Waals surface area contributed by atoms with Crippen LogP contribution < -0.4 is 0 Å². The maximum absolute atomic E-state index is 12.6. The Balaban J connectivity index is 1.47. The first kappa shape index (κ1) is 22.2. The highest BCUT2D eigenvalue weighted by Crippen LogP contribution is 2.17. The van der Waals surface area contributed by atoms with E-state index in [0.29, 0.717) is 18.3 Å². The van der Waals surface area contributed by atoms with E-state index in [-0.39, 0.29) is 31.4 Å². The van der Waals surface area contributed by atoms with Crippen LogP contribution in [0.1, 0.15) is 37.3 Å². The fourth-order valence-corrected chi connectivity index (χ4v) is 3.02. The summed E-state index contributed by atoms with van der Waals surface area (Å²) in [7, 11) is 0. The third-order valence-corrected chi connectivity index (χ3v) is 4.82. The second kappa shape index (κ2) is 10.5. The number of hydrogen-bond donors (Lipinski definition) is 0. The molecule has 0 bridgehead atoms. The van der Waals surface area contributed by atoms with Gasteiger partial charge >= 0.3 is 5.97 Å². The van der Waals surface area contributed by atoms with Crippen LogP contribution in [0.4, 0.5) is 0 Å². The molecule has 0 radical (unpaired) electrons. The van der Waals surface area contributed by atoms with Gasteiger partial charge in [-0.3, -0.25) is 9.59 Å². The minimum absolute atomic E-state index is 0.00926. The molecule has 0 unspecified atom stereocenters. The second-order valence-corrected chi connectivity index (χ2v) is 7.64. The van der Waals surface area contributed by atoms with Crippen LogP contribution in [-0.4, -0.2) is 39.6 Å². The molecular weight excluding hydrogens is 394 g/mol. The number of aromatic nitrogens is 2. The van der Waals surface area contributed by atoms with Crippen molar-refractivity contribution in [2.24, 2.45) is 0 Å². The zero-order chi connectivity index (χ0) is 22.2. The third kappa shape index (κ3) is 6.50. The zero-order valence-electron chi connectivity index (χ0n) is 18.1. The summed E-state index contributed by atoms with van der Waals surface area (Å²) >= 11 is 0. The molecule has 3 aromatic rings. The summed E-state index contributed by atoms with van der Waals surface area (Å²) in [6.45, 7) is 6.05. The van der Waals surface area contributed by atoms with Gasteiger partial charge in [0.15, 0.2) is 6.61 Å². The number of carbonyl (C=O) groups is 2. The fourth-order valence-electron chi connectivity index (χ4n) is 3.02. The van der Waals surface area contributed by atoms with Gasteiger partial charge < -0.3 is 14.2 Å². The van der Waals surface area contributed by atoms with Gasteiger partial charge in [-0.2, -0.15) is 4.98 Å². The highest BCUT2D eigenvalue weighted by atomic mass is 16.5. The largest absolute Gasteiger partial charge is 0.456 e. The van der Waals surface area contributed by atoms with Crippen molar-refractivity contribution >= 4 is 11.9 Å². The van der Waals surface area contributed by atoms with E-state index < -0.39 is 5.97 Å². The van der Waals surface area contributed by atoms with Crippen LogP contribution in [0, 0.1) is 6.92 Å². The summed E-state index contributed by atoms with van der Waals surface area (Å²) in [5.74, 6) is 0.122. The molecule has 0 N–H and O–H groups in total. The van der Waals surface area contributed by atoms with Crippen molar-refractivity contribution in [1.29, 1.82) is 0 Å². The predicted octanol–water partition coefficient (Wildman–Crippen LogP) is 3.96. The molecule has 31 heavy (non-hydrogen) atoms. The van der Waals surface area contributed by atoms with Crippen LogP contribution in [0.25, 0.3) is 11.4 Å². The molecular formula is C24H27N3O4. The topological polar surface area (TPSA) is 85.5 Å². The van der Waals surface area contributed by atoms with Crippen molar-refractivity contribution in [2.75, 3.05) is 6.61 Å². The lowest BCUT2D eigenvalue weighted by Gasteiger charge is -2.26. The molecule has 0 aliphatic rings. The number of carbonyl (C=O) groups excluding carboxylic acids is 2. The normalized spacial score (nSPS) is 10.8. The van der Waals surface area contributed by atoms with E-state index in [1.807, 2.05) is 75.4 Å². The average molecular weight is 421 g/mol. The second-order valence-electron chi connectivity index (χ2n) is 7.64. The van der Waals surface area contributed by atoms with Crippen LogP contribution in [0.15, 0.2) is 59.1 Å². The molecule has 0 atom stereocenters. The molecule has 162 valence electrons. The summed E-state index contributed by atoms with van der Waals surface area (Å²) in [6.07, 6.45) is 0.312. The molecule has 0 aliphatic carbocycles. The minimum Gasteiger partial charge on any atom is -0.456 e. The van der Waals surface area contributed by atoms with E-state index in [4.69, 9.17) is 9.26 Å². The lowest BCUT2D eigenvalue weighted by atomic mass is 10.1. The van der Waals surface area contributed by atoms with Gasteiger partial charge in [0.2, 0.25) is 11.7 Å². The number of hydrogen-bond acceptors (Lipinski definition) is 6. The Morgan fingerprint density at radius 3 is 2.45 bits per heavy atom. The molecule has 1 aromatic heterocycles. The van der Waals surface area contributed by atoms with Gasteiger partial charge in [0.25, 0.3) is 5.91 Å². The SMILES string of the molecule is Cc1ccc(-c2noc(CCC(=O)OCC(=O)N(Cc3ccccc3)C(C)C)n2)cc1. The molecule has 2 aromatic carbocycles. The van der Waals surface area contributed by atoms with Crippen molar-refractivity contribution < 1.29 is 18.8 Å². The zero-order valence-corrected chi connectivity index (χ0v) is 18.1. The van der Waals surface area contributed by atoms with Crippen molar-refractivity contribution in [1.82, 2.24) is 15.0 Å². The van der Waals surface area contributed by atoms with Crippen molar-refractivity contribution in [2.45, 2.75) is 46.2 Å². The average Bonchev–Trinajstić information content (AvgIpc) is 3.24. The van der Waals surface area contributed by atoms with Crippen LogP contribution in [0.2, 0.25) is 0 Å². The Bertz CT molecular complexity index is 997. The standard InChI is InChI=1S/C24H27N3O4/c1-17(2)27(15-19-7-5-4-6-8-19)22(28)16-30-23(29)14-13-21-25-24(26-31-21)20-11-9-18(3)10-12-20/h4-12,17H,13-16H2,1-3H3. The molecule has 1 heterocycles. The van der Waals surface area contributed by atoms with Gasteiger partial charge in [-0.25, -0.2) is 0 Å². The van der Waals surface area contributed by atoms with Crippen molar-refractivity contribution in [3.05, 3.63) is 71.6 Å². The maximum atomic E-state index is 12.6. The van der Waals surface area contributed by atoms with Gasteiger partial charge in [-0.15, -0.1) is 0 Å². The summed E-state index contributed by atoms with van der Waals surface area (Å²) in [4.78, 5) is 30.7. The number of aryl methyl sites for hydroxylation is 2. The highest BCUT2D eigenvalue weighted by molar-refractivity contribution is 5.81. The lowest BCUT2D eigenvalue weighted by molar-refractivity contribution is -0.153. The number of esters is 1. The summed E-state index contributed by atoms with van der Waals surface area (Å²) in [5, 5.41) is 3.95. The summed E-state index contributed by atoms with van der Waals surface area (Å²) in [5.41, 5.74) is 3.02.